The van der Waals surface area contributed by atoms with Crippen LogP contribution in [0.2, 0.25) is 0 Å². The van der Waals surface area contributed by atoms with Crippen LogP contribution in [-0.2, 0) is 33.8 Å². The summed E-state index contributed by atoms with van der Waals surface area (Å²) in [6, 6.07) is 0. The van der Waals surface area contributed by atoms with Gasteiger partial charge in [-0.1, -0.05) is 0 Å². The second-order valence-corrected chi connectivity index (χ2v) is 9.42. The van der Waals surface area contributed by atoms with Crippen molar-refractivity contribution >= 4 is 10.1 Å². The van der Waals surface area contributed by atoms with Gasteiger partial charge in [0.05, 0.1) is 18.0 Å². The molecule has 164 valence electrons. The summed E-state index contributed by atoms with van der Waals surface area (Å²) in [7, 11) is -3.97. The van der Waals surface area contributed by atoms with Crippen LogP contribution in [0.4, 0.5) is 0 Å². The molecular weight excluding hydrogens is 388 g/mol. The average molecular weight is 423 g/mol. The molecule has 2 saturated heterocycles. The molecule has 0 radical (unpaired) electrons. The fourth-order valence-electron chi connectivity index (χ4n) is 4.07. The van der Waals surface area contributed by atoms with Crippen molar-refractivity contribution in [2.75, 3.05) is 25.6 Å². The maximum Gasteiger partial charge on any atom is 0.264 e. The Hall–Kier alpha value is -0.290. The summed E-state index contributed by atoms with van der Waals surface area (Å²) in [6.45, 7) is 1.68. The highest BCUT2D eigenvalue weighted by Gasteiger charge is 2.39. The molecule has 0 spiro atoms. The SMILES string of the molecule is O=S(=O)(O)CCCOC1CCCC(OC2CCCCO2)C1OC1CCCCO1. The van der Waals surface area contributed by atoms with E-state index in [1.54, 1.807) is 0 Å². The van der Waals surface area contributed by atoms with Crippen LogP contribution in [0.3, 0.4) is 0 Å². The van der Waals surface area contributed by atoms with Gasteiger partial charge in [-0.05, 0) is 64.2 Å². The van der Waals surface area contributed by atoms with Crippen LogP contribution in [0.25, 0.3) is 0 Å². The monoisotopic (exact) mass is 422 g/mol. The van der Waals surface area contributed by atoms with Crippen LogP contribution in [-0.4, -0.2) is 69.4 Å². The normalized spacial score (nSPS) is 35.0. The first kappa shape index (κ1) is 22.4. The zero-order valence-corrected chi connectivity index (χ0v) is 17.3. The van der Waals surface area contributed by atoms with E-state index < -0.39 is 10.1 Å². The first-order valence-electron chi connectivity index (χ1n) is 10.6. The summed E-state index contributed by atoms with van der Waals surface area (Å²) in [6.07, 6.45) is 7.92. The Morgan fingerprint density at radius 2 is 1.46 bits per heavy atom. The van der Waals surface area contributed by atoms with Gasteiger partial charge >= 0.3 is 0 Å². The zero-order chi connectivity index (χ0) is 19.8. The van der Waals surface area contributed by atoms with E-state index in [1.807, 2.05) is 0 Å². The van der Waals surface area contributed by atoms with Gasteiger partial charge in [0.15, 0.2) is 12.6 Å². The van der Waals surface area contributed by atoms with Gasteiger partial charge in [0.25, 0.3) is 10.1 Å². The van der Waals surface area contributed by atoms with Crippen LogP contribution < -0.4 is 0 Å². The maximum absolute atomic E-state index is 10.9. The van der Waals surface area contributed by atoms with E-state index in [0.717, 1.165) is 64.4 Å². The Morgan fingerprint density at radius 3 is 2.07 bits per heavy atom. The number of hydrogen-bond acceptors (Lipinski definition) is 7. The highest BCUT2D eigenvalue weighted by atomic mass is 32.2. The summed E-state index contributed by atoms with van der Waals surface area (Å²) in [5.41, 5.74) is 0. The number of ether oxygens (including phenoxy) is 5. The van der Waals surface area contributed by atoms with Gasteiger partial charge in [0.2, 0.25) is 0 Å². The average Bonchev–Trinajstić information content (AvgIpc) is 2.68. The third-order valence-corrected chi connectivity index (χ3v) is 6.30. The Kier molecular flexibility index (Phi) is 8.96. The molecule has 8 nitrogen and oxygen atoms in total. The summed E-state index contributed by atoms with van der Waals surface area (Å²) in [4.78, 5) is 0. The minimum absolute atomic E-state index is 0.131. The summed E-state index contributed by atoms with van der Waals surface area (Å²) < 4.78 is 60.7. The molecule has 5 unspecified atom stereocenters. The largest absolute Gasteiger partial charge is 0.375 e. The van der Waals surface area contributed by atoms with E-state index in [2.05, 4.69) is 0 Å². The van der Waals surface area contributed by atoms with Crippen molar-refractivity contribution in [1.29, 1.82) is 0 Å². The van der Waals surface area contributed by atoms with Crippen molar-refractivity contribution in [2.45, 2.75) is 95.1 Å². The molecule has 2 heterocycles. The minimum atomic E-state index is -3.97. The lowest BCUT2D eigenvalue weighted by Gasteiger charge is -2.41. The molecule has 2 aliphatic heterocycles. The van der Waals surface area contributed by atoms with Crippen LogP contribution in [0.15, 0.2) is 0 Å². The summed E-state index contributed by atoms with van der Waals surface area (Å²) in [5, 5.41) is 0. The van der Waals surface area contributed by atoms with Gasteiger partial charge in [-0.15, -0.1) is 0 Å². The second kappa shape index (κ2) is 11.2. The Labute approximate surface area is 167 Å². The van der Waals surface area contributed by atoms with Gasteiger partial charge in [0.1, 0.15) is 6.10 Å². The molecule has 1 aliphatic carbocycles. The summed E-state index contributed by atoms with van der Waals surface area (Å²) >= 11 is 0. The van der Waals surface area contributed by atoms with Crippen molar-refractivity contribution in [3.05, 3.63) is 0 Å². The van der Waals surface area contributed by atoms with Gasteiger partial charge in [-0.25, -0.2) is 0 Å². The fraction of sp³-hybridized carbons (Fsp3) is 1.00. The Morgan fingerprint density at radius 1 is 0.821 bits per heavy atom. The zero-order valence-electron chi connectivity index (χ0n) is 16.5. The molecule has 0 aromatic carbocycles. The molecule has 9 heteroatoms. The fourth-order valence-corrected chi connectivity index (χ4v) is 4.55. The predicted octanol–water partition coefficient (Wildman–Crippen LogP) is 2.66. The van der Waals surface area contributed by atoms with Gasteiger partial charge in [-0.2, -0.15) is 8.42 Å². The first-order chi connectivity index (χ1) is 13.5. The quantitative estimate of drug-likeness (QED) is 0.447. The maximum atomic E-state index is 10.9. The van der Waals surface area contributed by atoms with Crippen molar-refractivity contribution in [1.82, 2.24) is 0 Å². The second-order valence-electron chi connectivity index (χ2n) is 7.85. The van der Waals surface area contributed by atoms with Crippen molar-refractivity contribution in [2.24, 2.45) is 0 Å². The van der Waals surface area contributed by atoms with E-state index in [9.17, 15) is 8.42 Å². The molecule has 0 aromatic heterocycles. The van der Waals surface area contributed by atoms with E-state index >= 15 is 0 Å². The van der Waals surface area contributed by atoms with E-state index in [4.69, 9.17) is 28.2 Å². The lowest BCUT2D eigenvalue weighted by Crippen LogP contribution is -2.50. The number of rotatable bonds is 9. The third-order valence-electron chi connectivity index (χ3n) is 5.50. The standard InChI is InChI=1S/C19H34O8S/c20-28(21,22)14-6-13-23-15-7-5-8-16(26-17-9-1-3-11-24-17)19(15)27-18-10-2-4-12-25-18/h15-19H,1-14H2,(H,20,21,22). The molecule has 0 aromatic rings. The Balaban J connectivity index is 1.57. The van der Waals surface area contributed by atoms with Gasteiger partial charge in [0, 0.05) is 19.8 Å². The van der Waals surface area contributed by atoms with Gasteiger partial charge in [-0.3, -0.25) is 4.55 Å². The number of hydrogen-bond donors (Lipinski definition) is 1. The molecule has 1 N–H and O–H groups in total. The van der Waals surface area contributed by atoms with E-state index in [0.29, 0.717) is 6.61 Å². The third kappa shape index (κ3) is 7.51. The van der Waals surface area contributed by atoms with E-state index in [-0.39, 0.29) is 49.7 Å². The highest BCUT2D eigenvalue weighted by molar-refractivity contribution is 7.85. The van der Waals surface area contributed by atoms with Crippen LogP contribution in [0.5, 0.6) is 0 Å². The van der Waals surface area contributed by atoms with Crippen molar-refractivity contribution in [3.63, 3.8) is 0 Å². The molecule has 3 fully saturated rings. The lowest BCUT2D eigenvalue weighted by molar-refractivity contribution is -0.275. The molecule has 28 heavy (non-hydrogen) atoms. The first-order valence-corrected chi connectivity index (χ1v) is 12.2. The smallest absolute Gasteiger partial charge is 0.264 e. The molecule has 3 aliphatic rings. The topological polar surface area (TPSA) is 101 Å². The van der Waals surface area contributed by atoms with Crippen LogP contribution in [0, 0.1) is 0 Å². The van der Waals surface area contributed by atoms with E-state index in [1.165, 1.54) is 0 Å². The molecule has 1 saturated carbocycles. The van der Waals surface area contributed by atoms with Crippen molar-refractivity contribution < 1.29 is 36.7 Å². The lowest BCUT2D eigenvalue weighted by atomic mass is 9.91. The molecule has 0 amide bonds. The predicted molar refractivity (Wildman–Crippen MR) is 102 cm³/mol. The van der Waals surface area contributed by atoms with Crippen molar-refractivity contribution in [3.8, 4) is 0 Å². The van der Waals surface area contributed by atoms with Crippen LogP contribution in [0.1, 0.15) is 64.2 Å². The van der Waals surface area contributed by atoms with Crippen LogP contribution >= 0.6 is 0 Å². The molecule has 0 bridgehead atoms. The molecule has 3 rings (SSSR count). The Bertz CT molecular complexity index is 542. The molecule has 5 atom stereocenters. The van der Waals surface area contributed by atoms with Gasteiger partial charge < -0.3 is 23.7 Å². The summed E-state index contributed by atoms with van der Waals surface area (Å²) in [5.74, 6) is -0.299. The minimum Gasteiger partial charge on any atom is -0.375 e. The molecular formula is C19H34O8S. The highest BCUT2D eigenvalue weighted by Crippen LogP contribution is 2.31.